The molecule has 9 heteroatoms. The maximum Gasteiger partial charge on any atom is 0.416 e. The fraction of sp³-hybridized carbons (Fsp3) is 0.600. The summed E-state index contributed by atoms with van der Waals surface area (Å²) in [5, 5.41) is 12.7. The van der Waals surface area contributed by atoms with Crippen molar-refractivity contribution in [2.45, 2.75) is 38.3 Å². The Morgan fingerprint density at radius 3 is 2.67 bits per heavy atom. The van der Waals surface area contributed by atoms with Gasteiger partial charge in [-0.25, -0.2) is 5.12 Å². The van der Waals surface area contributed by atoms with Gasteiger partial charge in [-0.1, -0.05) is 11.3 Å². The highest BCUT2D eigenvalue weighted by Gasteiger charge is 2.35. The number of hydrogen-bond acceptors (Lipinski definition) is 6. The zero-order valence-corrected chi connectivity index (χ0v) is 13.9. The van der Waals surface area contributed by atoms with E-state index in [1.54, 1.807) is 13.1 Å². The van der Waals surface area contributed by atoms with E-state index in [0.717, 1.165) is 18.4 Å². The Morgan fingerprint density at radius 1 is 1.29 bits per heavy atom. The summed E-state index contributed by atoms with van der Waals surface area (Å²) in [6.45, 7) is 2.22. The molecule has 1 aromatic carbocycles. The predicted octanol–water partition coefficient (Wildman–Crippen LogP) is 2.98. The molecule has 2 heterocycles. The first-order valence-corrected chi connectivity index (χ1v) is 7.85. The molecule has 132 valence electrons. The fourth-order valence-electron chi connectivity index (χ4n) is 3.23. The Hall–Kier alpha value is -1.87. The van der Waals surface area contributed by atoms with Crippen molar-refractivity contribution in [2.75, 3.05) is 25.5 Å². The number of alkyl halides is 3. The van der Waals surface area contributed by atoms with Crippen molar-refractivity contribution in [1.29, 1.82) is 0 Å². The summed E-state index contributed by atoms with van der Waals surface area (Å²) in [7, 11) is 3.57. The maximum absolute atomic E-state index is 13.2. The molecule has 3 rings (SSSR count). The van der Waals surface area contributed by atoms with Crippen LogP contribution < -0.4 is 15.6 Å². The number of aryl methyl sites for hydroxylation is 1. The zero-order valence-electron chi connectivity index (χ0n) is 13.9. The van der Waals surface area contributed by atoms with Crippen molar-refractivity contribution in [2.24, 2.45) is 10.3 Å². The van der Waals surface area contributed by atoms with Gasteiger partial charge < -0.3 is 4.90 Å². The summed E-state index contributed by atoms with van der Waals surface area (Å²) in [5.41, 5.74) is 4.15. The lowest BCUT2D eigenvalue weighted by atomic mass is 9.96. The van der Waals surface area contributed by atoms with Gasteiger partial charge in [0.05, 0.1) is 5.56 Å². The van der Waals surface area contributed by atoms with Crippen molar-refractivity contribution < 1.29 is 13.2 Å². The predicted molar refractivity (Wildman–Crippen MR) is 84.1 cm³/mol. The number of anilines is 1. The van der Waals surface area contributed by atoms with Gasteiger partial charge in [0, 0.05) is 32.4 Å². The van der Waals surface area contributed by atoms with Gasteiger partial charge in [0.15, 0.2) is 6.29 Å². The quantitative estimate of drug-likeness (QED) is 0.868. The summed E-state index contributed by atoms with van der Waals surface area (Å²) in [6, 6.07) is 2.82. The van der Waals surface area contributed by atoms with Gasteiger partial charge in [0.25, 0.3) is 0 Å². The average molecular weight is 342 g/mol. The van der Waals surface area contributed by atoms with Crippen LogP contribution in [0, 0.1) is 6.92 Å². The molecule has 2 aliphatic rings. The van der Waals surface area contributed by atoms with Crippen molar-refractivity contribution in [3.8, 4) is 0 Å². The molecule has 6 nitrogen and oxygen atoms in total. The molecule has 0 radical (unpaired) electrons. The standard InChI is InChI=1S/C15H21F3N6/c1-9-7-10-12(19-14-20-22-24(3)21-14)5-4-6-23(2)13(10)8-11(9)15(16,17)18/h7-8,12,14,19,21H,4-6H2,1-3H3. The normalized spacial score (nSPS) is 24.2. The van der Waals surface area contributed by atoms with Gasteiger partial charge in [0.1, 0.15) is 0 Å². The maximum atomic E-state index is 13.2. The van der Waals surface area contributed by atoms with Crippen molar-refractivity contribution in [3.63, 3.8) is 0 Å². The Bertz CT molecular complexity index is 645. The third-order valence-electron chi connectivity index (χ3n) is 4.42. The van der Waals surface area contributed by atoms with Crippen LogP contribution in [0.2, 0.25) is 0 Å². The molecule has 0 fully saturated rings. The van der Waals surface area contributed by atoms with Gasteiger partial charge in [-0.05, 0) is 37.0 Å². The molecule has 0 saturated heterocycles. The summed E-state index contributed by atoms with van der Waals surface area (Å²) < 4.78 is 39.7. The molecule has 2 atom stereocenters. The Labute approximate surface area is 138 Å². The zero-order chi connectivity index (χ0) is 17.5. The van der Waals surface area contributed by atoms with E-state index in [0.29, 0.717) is 12.2 Å². The molecule has 2 aliphatic heterocycles. The minimum atomic E-state index is -4.35. The molecule has 24 heavy (non-hydrogen) atoms. The van der Waals surface area contributed by atoms with Gasteiger partial charge >= 0.3 is 6.18 Å². The van der Waals surface area contributed by atoms with Gasteiger partial charge in [-0.15, -0.1) is 5.11 Å². The first kappa shape index (κ1) is 17.0. The van der Waals surface area contributed by atoms with Crippen LogP contribution in [0.3, 0.4) is 0 Å². The average Bonchev–Trinajstić information content (AvgIpc) is 2.83. The smallest absolute Gasteiger partial charge is 0.374 e. The van der Waals surface area contributed by atoms with Crippen LogP contribution in [-0.4, -0.2) is 32.0 Å². The van der Waals surface area contributed by atoms with Gasteiger partial charge in [-0.3, -0.25) is 5.32 Å². The Balaban J connectivity index is 1.96. The highest BCUT2D eigenvalue weighted by Crippen LogP contribution is 2.40. The van der Waals surface area contributed by atoms with Crippen LogP contribution in [0.25, 0.3) is 0 Å². The van der Waals surface area contributed by atoms with Crippen LogP contribution in [0.1, 0.15) is 35.6 Å². The van der Waals surface area contributed by atoms with Crippen molar-refractivity contribution in [3.05, 3.63) is 28.8 Å². The summed E-state index contributed by atoms with van der Waals surface area (Å²) >= 11 is 0. The Kier molecular flexibility index (Phi) is 4.39. The number of nitrogens with one attached hydrogen (secondary N) is 2. The van der Waals surface area contributed by atoms with E-state index in [9.17, 15) is 13.2 Å². The molecule has 2 unspecified atom stereocenters. The van der Waals surface area contributed by atoms with E-state index in [1.165, 1.54) is 18.1 Å². The number of benzene rings is 1. The monoisotopic (exact) mass is 342 g/mol. The van der Waals surface area contributed by atoms with Crippen LogP contribution in [-0.2, 0) is 6.18 Å². The van der Waals surface area contributed by atoms with Crippen molar-refractivity contribution in [1.82, 2.24) is 15.9 Å². The second-order valence-corrected chi connectivity index (χ2v) is 6.27. The van der Waals surface area contributed by atoms with Crippen LogP contribution in [0.4, 0.5) is 18.9 Å². The molecule has 0 saturated carbocycles. The summed E-state index contributed by atoms with van der Waals surface area (Å²) in [6.07, 6.45) is -3.03. The molecule has 2 N–H and O–H groups in total. The van der Waals surface area contributed by atoms with Crippen LogP contribution >= 0.6 is 0 Å². The molecule has 0 spiro atoms. The second-order valence-electron chi connectivity index (χ2n) is 6.27. The Morgan fingerprint density at radius 2 is 2.04 bits per heavy atom. The molecule has 0 amide bonds. The minimum absolute atomic E-state index is 0.0890. The first-order chi connectivity index (χ1) is 11.3. The highest BCUT2D eigenvalue weighted by atomic mass is 19.4. The van der Waals surface area contributed by atoms with E-state index in [1.807, 2.05) is 11.9 Å². The minimum Gasteiger partial charge on any atom is -0.374 e. The molecular weight excluding hydrogens is 321 g/mol. The molecular formula is C15H21F3N6. The van der Waals surface area contributed by atoms with Gasteiger partial charge in [0.2, 0.25) is 0 Å². The van der Waals surface area contributed by atoms with E-state index in [2.05, 4.69) is 21.1 Å². The van der Waals surface area contributed by atoms with Crippen LogP contribution in [0.15, 0.2) is 22.5 Å². The number of hydrogen-bond donors (Lipinski definition) is 2. The fourth-order valence-corrected chi connectivity index (χ4v) is 3.23. The largest absolute Gasteiger partial charge is 0.416 e. The highest BCUT2D eigenvalue weighted by molar-refractivity contribution is 5.59. The van der Waals surface area contributed by atoms with Crippen LogP contribution in [0.5, 0.6) is 0 Å². The number of hydrazine groups is 1. The third-order valence-corrected chi connectivity index (χ3v) is 4.42. The van der Waals surface area contributed by atoms with E-state index >= 15 is 0 Å². The molecule has 0 bridgehead atoms. The number of nitrogens with zero attached hydrogens (tertiary/aromatic N) is 4. The lowest BCUT2D eigenvalue weighted by Crippen LogP contribution is -2.43. The molecule has 1 aromatic rings. The number of halogens is 3. The molecule has 0 aromatic heterocycles. The van der Waals surface area contributed by atoms with Crippen molar-refractivity contribution >= 4 is 5.69 Å². The van der Waals surface area contributed by atoms with E-state index in [-0.39, 0.29) is 17.9 Å². The van der Waals surface area contributed by atoms with E-state index in [4.69, 9.17) is 0 Å². The number of fused-ring (bicyclic) bond motifs is 1. The van der Waals surface area contributed by atoms with E-state index < -0.39 is 11.7 Å². The summed E-state index contributed by atoms with van der Waals surface area (Å²) in [4.78, 5) is 1.89. The lowest BCUT2D eigenvalue weighted by molar-refractivity contribution is -0.138. The third kappa shape index (κ3) is 3.32. The molecule has 0 aliphatic carbocycles. The van der Waals surface area contributed by atoms with Gasteiger partial charge in [-0.2, -0.15) is 18.6 Å². The lowest BCUT2D eigenvalue weighted by Gasteiger charge is -2.26. The second kappa shape index (κ2) is 6.21. The number of rotatable bonds is 2. The first-order valence-electron chi connectivity index (χ1n) is 7.85. The SMILES string of the molecule is Cc1cc2c(cc1C(F)(F)F)N(C)CCCC2NC1N=NN(C)N1. The topological polar surface area (TPSA) is 55.3 Å². The summed E-state index contributed by atoms with van der Waals surface area (Å²) in [5.74, 6) is 0.